The van der Waals surface area contributed by atoms with Crippen LogP contribution in [-0.2, 0) is 24.4 Å². The monoisotopic (exact) mass is 514 g/mol. The molecule has 0 N–H and O–H groups in total. The molecule has 0 aliphatic carbocycles. The molecule has 3 aromatic heterocycles. The Bertz CT molecular complexity index is 1470. The van der Waals surface area contributed by atoms with Crippen molar-refractivity contribution < 1.29 is 14.3 Å². The first kappa shape index (κ1) is 24.7. The number of hydrogen-bond donors (Lipinski definition) is 0. The van der Waals surface area contributed by atoms with Crippen molar-refractivity contribution in [3.63, 3.8) is 0 Å². The van der Waals surface area contributed by atoms with Gasteiger partial charge in [0.05, 0.1) is 23.2 Å². The van der Waals surface area contributed by atoms with Gasteiger partial charge in [-0.2, -0.15) is 5.26 Å². The van der Waals surface area contributed by atoms with E-state index < -0.39 is 14.2 Å². The molecule has 190 valence electrons. The molecule has 0 bridgehead atoms. The van der Waals surface area contributed by atoms with Crippen LogP contribution in [0.5, 0.6) is 5.75 Å². The van der Waals surface area contributed by atoms with Crippen molar-refractivity contribution in [3.8, 4) is 11.8 Å². The number of aromatic nitrogens is 4. The topological polar surface area (TPSA) is 98.2 Å². The summed E-state index contributed by atoms with van der Waals surface area (Å²) in [7, 11) is -1.15. The third-order valence-corrected chi connectivity index (χ3v) is 8.23. The lowest BCUT2D eigenvalue weighted by Gasteiger charge is -2.29. The third-order valence-electron chi connectivity index (χ3n) is 6.52. The molecule has 0 saturated heterocycles. The number of benzene rings is 1. The molecule has 4 aromatic rings. The van der Waals surface area contributed by atoms with Gasteiger partial charge in [-0.3, -0.25) is 4.57 Å². The van der Waals surface area contributed by atoms with E-state index in [1.165, 1.54) is 4.57 Å². The summed E-state index contributed by atoms with van der Waals surface area (Å²) in [4.78, 5) is 24.3. The number of nitrogens with zero attached hydrogens (tertiary/aromatic N) is 6. The number of rotatable bonds is 7. The van der Waals surface area contributed by atoms with Crippen LogP contribution in [0.4, 0.5) is 10.6 Å². The van der Waals surface area contributed by atoms with Crippen LogP contribution in [-0.4, -0.2) is 46.4 Å². The fourth-order valence-corrected chi connectivity index (χ4v) is 5.27. The number of ether oxygens (including phenoxy) is 2. The van der Waals surface area contributed by atoms with Crippen LogP contribution in [0.25, 0.3) is 11.0 Å². The summed E-state index contributed by atoms with van der Waals surface area (Å²) in [5, 5.41) is 10.6. The highest BCUT2D eigenvalue weighted by molar-refractivity contribution is 6.76. The van der Waals surface area contributed by atoms with Gasteiger partial charge in [0.2, 0.25) is 0 Å². The Morgan fingerprint density at radius 3 is 2.73 bits per heavy atom. The average Bonchev–Trinajstić information content (AvgIpc) is 3.47. The first-order valence-corrected chi connectivity index (χ1v) is 16.1. The quantitative estimate of drug-likeness (QED) is 0.252. The molecule has 1 aliphatic heterocycles. The van der Waals surface area contributed by atoms with Crippen molar-refractivity contribution >= 4 is 31.0 Å². The Balaban J connectivity index is 1.38. The van der Waals surface area contributed by atoms with Crippen molar-refractivity contribution in [1.82, 2.24) is 19.1 Å². The molecule has 1 aromatic carbocycles. The van der Waals surface area contributed by atoms with E-state index in [4.69, 9.17) is 9.47 Å². The molecule has 0 amide bonds. The second-order valence-corrected chi connectivity index (χ2v) is 16.0. The lowest BCUT2D eigenvalue weighted by Crippen LogP contribution is -2.33. The minimum absolute atomic E-state index is 0.422. The summed E-state index contributed by atoms with van der Waals surface area (Å²) in [6, 6.07) is 14.3. The van der Waals surface area contributed by atoms with Gasteiger partial charge in [-0.15, -0.1) is 0 Å². The van der Waals surface area contributed by atoms with Gasteiger partial charge in [0.15, 0.2) is 0 Å². The second-order valence-electron chi connectivity index (χ2n) is 10.4. The molecule has 5 rings (SSSR count). The van der Waals surface area contributed by atoms with Crippen LogP contribution in [0.3, 0.4) is 0 Å². The lowest BCUT2D eigenvalue weighted by molar-refractivity contribution is 0.0899. The maximum Gasteiger partial charge on any atom is 0.423 e. The Kier molecular flexibility index (Phi) is 6.82. The Morgan fingerprint density at radius 1 is 1.16 bits per heavy atom. The van der Waals surface area contributed by atoms with Crippen molar-refractivity contribution in [2.45, 2.75) is 45.4 Å². The summed E-state index contributed by atoms with van der Waals surface area (Å²) in [6.07, 6.45) is 5.19. The number of anilines is 1. The average molecular weight is 515 g/mol. The molecule has 0 spiro atoms. The van der Waals surface area contributed by atoms with Crippen LogP contribution >= 0.6 is 0 Å². The summed E-state index contributed by atoms with van der Waals surface area (Å²) in [5.74, 6) is 1.24. The van der Waals surface area contributed by atoms with E-state index in [0.29, 0.717) is 37.6 Å². The van der Waals surface area contributed by atoms with Gasteiger partial charge in [0.1, 0.15) is 36.3 Å². The Morgan fingerprint density at radius 2 is 1.97 bits per heavy atom. The maximum absolute atomic E-state index is 13.0. The van der Waals surface area contributed by atoms with Crippen LogP contribution in [0, 0.1) is 11.3 Å². The predicted molar refractivity (Wildman–Crippen MR) is 143 cm³/mol. The van der Waals surface area contributed by atoms with E-state index in [0.717, 1.165) is 40.8 Å². The number of fused-ring (bicyclic) bond motifs is 2. The van der Waals surface area contributed by atoms with Gasteiger partial charge < -0.3 is 18.9 Å². The summed E-state index contributed by atoms with van der Waals surface area (Å²) >= 11 is 0. The van der Waals surface area contributed by atoms with Gasteiger partial charge in [-0.1, -0.05) is 37.8 Å². The largest absolute Gasteiger partial charge is 0.423 e. The molecule has 10 heteroatoms. The van der Waals surface area contributed by atoms with Crippen molar-refractivity contribution in [1.29, 1.82) is 5.26 Å². The molecule has 0 unspecified atom stereocenters. The standard InChI is InChI=1S/C27H30N6O3Si/c1-37(2,3)14-13-35-19-32-12-10-23-25(29-18-30-26(23)32)31-11-9-22-20(15-28)16-33(24(22)17-31)27(34)36-21-7-5-4-6-8-21/h4-8,10,12,16,18H,9,11,13-14,17,19H2,1-3H3. The van der Waals surface area contributed by atoms with Crippen LogP contribution in [0.2, 0.25) is 25.7 Å². The van der Waals surface area contributed by atoms with Crippen LogP contribution in [0.1, 0.15) is 16.8 Å². The van der Waals surface area contributed by atoms with E-state index >= 15 is 0 Å². The fourth-order valence-electron chi connectivity index (χ4n) is 4.51. The van der Waals surface area contributed by atoms with Crippen LogP contribution in [0.15, 0.2) is 55.1 Å². The van der Waals surface area contributed by atoms with Crippen molar-refractivity contribution in [2.24, 2.45) is 0 Å². The van der Waals surface area contributed by atoms with E-state index in [2.05, 4.69) is 40.6 Å². The van der Waals surface area contributed by atoms with Gasteiger partial charge >= 0.3 is 6.09 Å². The number of carbonyl (C=O) groups is 1. The molecule has 0 radical (unpaired) electrons. The van der Waals surface area contributed by atoms with E-state index in [9.17, 15) is 10.1 Å². The number of nitriles is 1. The number of hydrogen-bond acceptors (Lipinski definition) is 7. The predicted octanol–water partition coefficient (Wildman–Crippen LogP) is 5.03. The summed E-state index contributed by atoms with van der Waals surface area (Å²) in [6.45, 7) is 9.27. The first-order valence-electron chi connectivity index (χ1n) is 12.4. The van der Waals surface area contributed by atoms with E-state index in [1.54, 1.807) is 36.8 Å². The second kappa shape index (κ2) is 10.2. The fraction of sp³-hybridized carbons (Fsp3) is 0.333. The third kappa shape index (κ3) is 5.28. The first-order chi connectivity index (χ1) is 17.8. The highest BCUT2D eigenvalue weighted by atomic mass is 28.3. The van der Waals surface area contributed by atoms with E-state index in [1.807, 2.05) is 22.9 Å². The zero-order chi connectivity index (χ0) is 26.0. The van der Waals surface area contributed by atoms with Crippen LogP contribution < -0.4 is 9.64 Å². The minimum Gasteiger partial charge on any atom is -0.410 e. The van der Waals surface area contributed by atoms with E-state index in [-0.39, 0.29) is 0 Å². The summed E-state index contributed by atoms with van der Waals surface area (Å²) in [5.41, 5.74) is 2.92. The zero-order valence-corrected chi connectivity index (χ0v) is 22.3. The van der Waals surface area contributed by atoms with Gasteiger partial charge in [0.25, 0.3) is 0 Å². The zero-order valence-electron chi connectivity index (χ0n) is 21.3. The normalized spacial score (nSPS) is 13.4. The molecule has 0 saturated carbocycles. The minimum atomic E-state index is -1.15. The number of carbonyl (C=O) groups excluding carboxylic acids is 1. The molecule has 0 fully saturated rings. The molecule has 37 heavy (non-hydrogen) atoms. The summed E-state index contributed by atoms with van der Waals surface area (Å²) < 4.78 is 14.9. The molecule has 1 aliphatic rings. The van der Waals surface area contributed by atoms with Gasteiger partial charge in [-0.25, -0.2) is 14.8 Å². The SMILES string of the molecule is C[Si](C)(C)CCOCn1ccc2c(N3CCc4c(C#N)cn(C(=O)Oc5ccccc5)c4C3)ncnc21. The maximum atomic E-state index is 13.0. The highest BCUT2D eigenvalue weighted by Gasteiger charge is 2.28. The van der Waals surface area contributed by atoms with Gasteiger partial charge in [0, 0.05) is 33.6 Å². The Hall–Kier alpha value is -3.94. The smallest absolute Gasteiger partial charge is 0.410 e. The molecule has 4 heterocycles. The van der Waals surface area contributed by atoms with Crippen molar-refractivity contribution in [2.75, 3.05) is 18.1 Å². The molecule has 9 nitrogen and oxygen atoms in total. The Labute approximate surface area is 216 Å². The molecular formula is C27H30N6O3Si. The highest BCUT2D eigenvalue weighted by Crippen LogP contribution is 2.31. The number of para-hydroxylation sites is 1. The van der Waals surface area contributed by atoms with Crippen molar-refractivity contribution in [3.05, 3.63) is 71.9 Å². The lowest BCUT2D eigenvalue weighted by atomic mass is 10.0. The van der Waals surface area contributed by atoms with Gasteiger partial charge in [-0.05, 0) is 36.2 Å². The molecular weight excluding hydrogens is 484 g/mol. The molecule has 0 atom stereocenters.